The lowest BCUT2D eigenvalue weighted by molar-refractivity contribution is 0.858. The fourth-order valence-electron chi connectivity index (χ4n) is 2.48. The third kappa shape index (κ3) is 3.63. The van der Waals surface area contributed by atoms with Gasteiger partial charge in [-0.05, 0) is 37.1 Å². The van der Waals surface area contributed by atoms with Crippen LogP contribution in [-0.4, -0.2) is 6.04 Å². The second-order valence-electron chi connectivity index (χ2n) is 5.05. The molecule has 2 aromatic carbocycles. The summed E-state index contributed by atoms with van der Waals surface area (Å²) in [6, 6.07) is 19.2. The Morgan fingerprint density at radius 1 is 1.05 bits per heavy atom. The molecule has 108 valence electrons. The van der Waals surface area contributed by atoms with Gasteiger partial charge in [0.2, 0.25) is 0 Å². The van der Waals surface area contributed by atoms with E-state index in [2.05, 4.69) is 86.0 Å². The van der Waals surface area contributed by atoms with Gasteiger partial charge in [-0.1, -0.05) is 68.1 Å². The number of nitrogens with zero attached hydrogens (tertiary/aromatic N) is 1. The Bertz CT molecular complexity index is 598. The van der Waals surface area contributed by atoms with Crippen molar-refractivity contribution >= 4 is 17.5 Å². The minimum Gasteiger partial charge on any atom is -0.334 e. The number of anilines is 2. The van der Waals surface area contributed by atoms with E-state index in [-0.39, 0.29) is 6.04 Å². The van der Waals surface area contributed by atoms with Gasteiger partial charge in [-0.2, -0.15) is 0 Å². The van der Waals surface area contributed by atoms with Crippen LogP contribution in [0.1, 0.15) is 25.8 Å². The molecule has 0 saturated carbocycles. The van der Waals surface area contributed by atoms with Crippen LogP contribution in [0.25, 0.3) is 6.08 Å². The van der Waals surface area contributed by atoms with E-state index in [0.717, 1.165) is 12.0 Å². The summed E-state index contributed by atoms with van der Waals surface area (Å²) in [5.41, 5.74) is 3.53. The SMILES string of the molecule is C=Cc1ccccc1N(c1ccccc1)[C@H](C)/C=C/CC. The molecule has 0 aliphatic carbocycles. The normalized spacial score (nSPS) is 12.3. The van der Waals surface area contributed by atoms with Gasteiger partial charge in [-0.15, -0.1) is 0 Å². The van der Waals surface area contributed by atoms with Crippen molar-refractivity contribution in [2.45, 2.75) is 26.3 Å². The minimum absolute atomic E-state index is 0.286. The van der Waals surface area contributed by atoms with Gasteiger partial charge >= 0.3 is 0 Å². The van der Waals surface area contributed by atoms with Crippen LogP contribution in [0.15, 0.2) is 73.3 Å². The number of hydrogen-bond acceptors (Lipinski definition) is 1. The summed E-state index contributed by atoms with van der Waals surface area (Å²) in [5.74, 6) is 0. The van der Waals surface area contributed by atoms with Crippen molar-refractivity contribution in [1.82, 2.24) is 0 Å². The third-order valence-corrected chi connectivity index (χ3v) is 3.51. The first kappa shape index (κ1) is 15.1. The Hall–Kier alpha value is -2.28. The van der Waals surface area contributed by atoms with Gasteiger partial charge in [-0.25, -0.2) is 0 Å². The molecule has 0 aliphatic rings. The van der Waals surface area contributed by atoms with Gasteiger partial charge in [0.1, 0.15) is 0 Å². The van der Waals surface area contributed by atoms with E-state index in [1.165, 1.54) is 11.4 Å². The van der Waals surface area contributed by atoms with Crippen molar-refractivity contribution < 1.29 is 0 Å². The zero-order chi connectivity index (χ0) is 15.1. The molecule has 0 saturated heterocycles. The second kappa shape index (κ2) is 7.49. The quantitative estimate of drug-likeness (QED) is 0.601. The van der Waals surface area contributed by atoms with E-state index in [1.807, 2.05) is 12.1 Å². The molecule has 0 bridgehead atoms. The molecule has 2 aromatic rings. The van der Waals surface area contributed by atoms with Crippen molar-refractivity contribution in [3.8, 4) is 0 Å². The predicted octanol–water partition coefficient (Wildman–Crippen LogP) is 5.82. The Kier molecular flexibility index (Phi) is 5.39. The molecule has 1 atom stereocenters. The average Bonchev–Trinajstić information content (AvgIpc) is 2.54. The van der Waals surface area contributed by atoms with Crippen LogP contribution in [0.5, 0.6) is 0 Å². The number of hydrogen-bond donors (Lipinski definition) is 0. The lowest BCUT2D eigenvalue weighted by Crippen LogP contribution is -2.27. The summed E-state index contributed by atoms with van der Waals surface area (Å²) in [7, 11) is 0. The summed E-state index contributed by atoms with van der Waals surface area (Å²) in [6.45, 7) is 8.33. The smallest absolute Gasteiger partial charge is 0.0494 e. The fraction of sp³-hybridized carbons (Fsp3) is 0.200. The van der Waals surface area contributed by atoms with Crippen LogP contribution < -0.4 is 4.90 Å². The first-order valence-corrected chi connectivity index (χ1v) is 7.50. The van der Waals surface area contributed by atoms with Crippen LogP contribution >= 0.6 is 0 Å². The van der Waals surface area contributed by atoms with Crippen LogP contribution in [0.3, 0.4) is 0 Å². The maximum atomic E-state index is 3.94. The molecular weight excluding hydrogens is 254 g/mol. The molecule has 0 fully saturated rings. The lowest BCUT2D eigenvalue weighted by Gasteiger charge is -2.31. The first-order valence-electron chi connectivity index (χ1n) is 7.50. The minimum atomic E-state index is 0.286. The van der Waals surface area contributed by atoms with E-state index in [4.69, 9.17) is 0 Å². The lowest BCUT2D eigenvalue weighted by atomic mass is 10.1. The van der Waals surface area contributed by atoms with Gasteiger partial charge in [0.15, 0.2) is 0 Å². The zero-order valence-electron chi connectivity index (χ0n) is 12.9. The Labute approximate surface area is 128 Å². The Balaban J connectivity index is 2.50. The summed E-state index contributed by atoms with van der Waals surface area (Å²) in [6.07, 6.45) is 7.45. The van der Waals surface area contributed by atoms with Crippen LogP contribution in [0.4, 0.5) is 11.4 Å². The summed E-state index contributed by atoms with van der Waals surface area (Å²) < 4.78 is 0. The number of allylic oxidation sites excluding steroid dienone is 1. The van der Waals surface area contributed by atoms with Crippen LogP contribution in [-0.2, 0) is 0 Å². The largest absolute Gasteiger partial charge is 0.334 e. The van der Waals surface area contributed by atoms with E-state index in [9.17, 15) is 0 Å². The number of rotatable bonds is 6. The molecule has 0 aliphatic heterocycles. The molecule has 1 nitrogen and oxygen atoms in total. The summed E-state index contributed by atoms with van der Waals surface area (Å²) in [5, 5.41) is 0. The van der Waals surface area contributed by atoms with Crippen molar-refractivity contribution in [3.05, 3.63) is 78.9 Å². The number of para-hydroxylation sites is 2. The molecular formula is C20H23N. The highest BCUT2D eigenvalue weighted by Crippen LogP contribution is 2.31. The summed E-state index contributed by atoms with van der Waals surface area (Å²) in [4.78, 5) is 2.35. The molecule has 0 unspecified atom stereocenters. The van der Waals surface area contributed by atoms with E-state index in [1.54, 1.807) is 0 Å². The maximum absolute atomic E-state index is 3.94. The Morgan fingerprint density at radius 2 is 1.71 bits per heavy atom. The molecule has 0 spiro atoms. The van der Waals surface area contributed by atoms with Gasteiger partial charge in [0, 0.05) is 17.4 Å². The topological polar surface area (TPSA) is 3.24 Å². The predicted molar refractivity (Wildman–Crippen MR) is 94.0 cm³/mol. The molecule has 21 heavy (non-hydrogen) atoms. The van der Waals surface area contributed by atoms with E-state index < -0.39 is 0 Å². The highest BCUT2D eigenvalue weighted by Gasteiger charge is 2.16. The van der Waals surface area contributed by atoms with Crippen molar-refractivity contribution in [2.24, 2.45) is 0 Å². The van der Waals surface area contributed by atoms with Crippen molar-refractivity contribution in [1.29, 1.82) is 0 Å². The molecule has 2 rings (SSSR count). The highest BCUT2D eigenvalue weighted by atomic mass is 15.2. The van der Waals surface area contributed by atoms with Crippen molar-refractivity contribution in [2.75, 3.05) is 4.90 Å². The maximum Gasteiger partial charge on any atom is 0.0494 e. The second-order valence-corrected chi connectivity index (χ2v) is 5.05. The number of benzene rings is 2. The molecule has 0 heterocycles. The van der Waals surface area contributed by atoms with Gasteiger partial charge in [0.25, 0.3) is 0 Å². The first-order chi connectivity index (χ1) is 10.3. The third-order valence-electron chi connectivity index (χ3n) is 3.51. The highest BCUT2D eigenvalue weighted by molar-refractivity contribution is 5.74. The Morgan fingerprint density at radius 3 is 2.38 bits per heavy atom. The van der Waals surface area contributed by atoms with Crippen LogP contribution in [0.2, 0.25) is 0 Å². The standard InChI is InChI=1S/C20H23N/c1-4-6-12-17(3)21(19-14-8-7-9-15-19)20-16-11-10-13-18(20)5-2/h5-17H,2,4H2,1,3H3/b12-6+/t17-/m1/s1. The van der Waals surface area contributed by atoms with E-state index in [0.29, 0.717) is 0 Å². The zero-order valence-corrected chi connectivity index (χ0v) is 12.9. The molecule has 0 radical (unpaired) electrons. The van der Waals surface area contributed by atoms with E-state index >= 15 is 0 Å². The van der Waals surface area contributed by atoms with Crippen molar-refractivity contribution in [3.63, 3.8) is 0 Å². The molecule has 0 aromatic heterocycles. The monoisotopic (exact) mass is 277 g/mol. The average molecular weight is 277 g/mol. The molecule has 0 N–H and O–H groups in total. The van der Waals surface area contributed by atoms with Gasteiger partial charge in [-0.3, -0.25) is 0 Å². The fourth-order valence-corrected chi connectivity index (χ4v) is 2.48. The van der Waals surface area contributed by atoms with Crippen LogP contribution in [0, 0.1) is 0 Å². The summed E-state index contributed by atoms with van der Waals surface area (Å²) >= 11 is 0. The van der Waals surface area contributed by atoms with Gasteiger partial charge in [0.05, 0.1) is 0 Å². The molecule has 0 amide bonds. The van der Waals surface area contributed by atoms with Gasteiger partial charge < -0.3 is 4.90 Å². The molecule has 1 heteroatoms.